The van der Waals surface area contributed by atoms with Crippen molar-refractivity contribution >= 4 is 34.2 Å². The van der Waals surface area contributed by atoms with E-state index in [1.807, 2.05) is 12.3 Å². The molecular formula is C11H10N2O2S2. The van der Waals surface area contributed by atoms with Gasteiger partial charge in [0.1, 0.15) is 10.7 Å². The second-order valence-corrected chi connectivity index (χ2v) is 5.10. The summed E-state index contributed by atoms with van der Waals surface area (Å²) in [4.78, 5) is 19.4. The number of carboxylic acids is 1. The van der Waals surface area contributed by atoms with Crippen LogP contribution in [0.15, 0.2) is 17.3 Å². The number of nitrogens with zero attached hydrogens (tertiary/aromatic N) is 2. The van der Waals surface area contributed by atoms with E-state index in [0.717, 1.165) is 22.1 Å². The Morgan fingerprint density at radius 3 is 2.76 bits per heavy atom. The fourth-order valence-corrected chi connectivity index (χ4v) is 2.81. The number of thiazole rings is 2. The molecule has 0 bridgehead atoms. The topological polar surface area (TPSA) is 63.1 Å². The molecule has 0 aliphatic carbocycles. The van der Waals surface area contributed by atoms with Crippen molar-refractivity contribution in [2.45, 2.75) is 13.3 Å². The van der Waals surface area contributed by atoms with Crippen LogP contribution in [-0.4, -0.2) is 21.0 Å². The normalized spacial score (nSPS) is 10.4. The van der Waals surface area contributed by atoms with Crippen molar-refractivity contribution in [1.82, 2.24) is 9.97 Å². The molecule has 0 radical (unpaired) electrons. The number of carbonyl (C=O) groups is 1. The molecule has 0 aromatic carbocycles. The van der Waals surface area contributed by atoms with E-state index in [4.69, 9.17) is 5.11 Å². The zero-order valence-corrected chi connectivity index (χ0v) is 10.8. The lowest BCUT2D eigenvalue weighted by Gasteiger charge is -1.92. The van der Waals surface area contributed by atoms with Gasteiger partial charge >= 0.3 is 5.97 Å². The molecule has 2 rings (SSSR count). The number of aryl methyl sites for hydroxylation is 1. The van der Waals surface area contributed by atoms with Gasteiger partial charge in [-0.1, -0.05) is 13.5 Å². The van der Waals surface area contributed by atoms with E-state index in [1.165, 1.54) is 11.3 Å². The summed E-state index contributed by atoms with van der Waals surface area (Å²) in [5.41, 5.74) is 1.23. The van der Waals surface area contributed by atoms with Crippen LogP contribution in [0.4, 0.5) is 0 Å². The van der Waals surface area contributed by atoms with E-state index in [0.29, 0.717) is 5.69 Å². The van der Waals surface area contributed by atoms with Crippen molar-refractivity contribution in [1.29, 1.82) is 0 Å². The first-order valence-corrected chi connectivity index (χ1v) is 6.70. The van der Waals surface area contributed by atoms with Gasteiger partial charge in [0, 0.05) is 10.8 Å². The molecule has 0 atom stereocenters. The highest BCUT2D eigenvalue weighted by Crippen LogP contribution is 2.27. The van der Waals surface area contributed by atoms with Crippen molar-refractivity contribution in [3.63, 3.8) is 0 Å². The first-order valence-electron chi connectivity index (χ1n) is 4.94. The summed E-state index contributed by atoms with van der Waals surface area (Å²) in [5.74, 6) is -1.05. The molecule has 0 saturated carbocycles. The average molecular weight is 266 g/mol. The maximum absolute atomic E-state index is 10.7. The highest BCUT2D eigenvalue weighted by Gasteiger charge is 2.13. The first kappa shape index (κ1) is 11.9. The Kier molecular flexibility index (Phi) is 3.35. The van der Waals surface area contributed by atoms with Gasteiger partial charge in [0.15, 0.2) is 0 Å². The van der Waals surface area contributed by atoms with Gasteiger partial charge in [-0.2, -0.15) is 0 Å². The molecule has 0 amide bonds. The largest absolute Gasteiger partial charge is 0.478 e. The molecule has 0 spiro atoms. The summed E-state index contributed by atoms with van der Waals surface area (Å²) in [5, 5.41) is 14.2. The van der Waals surface area contributed by atoms with Gasteiger partial charge in [-0.05, 0) is 6.42 Å². The first-order chi connectivity index (χ1) is 8.11. The molecule has 4 nitrogen and oxygen atoms in total. The van der Waals surface area contributed by atoms with Crippen LogP contribution in [0, 0.1) is 0 Å². The van der Waals surface area contributed by atoms with Gasteiger partial charge in [-0.25, -0.2) is 14.8 Å². The SMILES string of the molecule is C=C(C(=O)O)c1csc(-c2csc(CC)n2)n1. The minimum Gasteiger partial charge on any atom is -0.478 e. The molecule has 1 N–H and O–H groups in total. The van der Waals surface area contributed by atoms with Crippen LogP contribution < -0.4 is 0 Å². The van der Waals surface area contributed by atoms with Crippen LogP contribution in [0.5, 0.6) is 0 Å². The van der Waals surface area contributed by atoms with E-state index < -0.39 is 5.97 Å². The van der Waals surface area contributed by atoms with Crippen molar-refractivity contribution < 1.29 is 9.90 Å². The van der Waals surface area contributed by atoms with E-state index in [-0.39, 0.29) is 5.57 Å². The smallest absolute Gasteiger partial charge is 0.337 e. The van der Waals surface area contributed by atoms with Crippen LogP contribution in [0.2, 0.25) is 0 Å². The third-order valence-corrected chi connectivity index (χ3v) is 4.00. The van der Waals surface area contributed by atoms with Crippen LogP contribution in [0.1, 0.15) is 17.6 Å². The minimum absolute atomic E-state index is 0.0124. The highest BCUT2D eigenvalue weighted by molar-refractivity contribution is 7.14. The van der Waals surface area contributed by atoms with Crippen molar-refractivity contribution in [2.24, 2.45) is 0 Å². The fraction of sp³-hybridized carbons (Fsp3) is 0.182. The summed E-state index contributed by atoms with van der Waals surface area (Å²) in [6.07, 6.45) is 0.894. The Hall–Kier alpha value is -1.53. The molecule has 6 heteroatoms. The third kappa shape index (κ3) is 2.42. The number of rotatable bonds is 4. The molecule has 0 unspecified atom stereocenters. The molecule has 2 aromatic heterocycles. The van der Waals surface area contributed by atoms with Crippen LogP contribution in [0.3, 0.4) is 0 Å². The summed E-state index contributed by atoms with van der Waals surface area (Å²) < 4.78 is 0. The lowest BCUT2D eigenvalue weighted by atomic mass is 10.2. The average Bonchev–Trinajstić information content (AvgIpc) is 2.96. The summed E-state index contributed by atoms with van der Waals surface area (Å²) in [6.45, 7) is 5.52. The number of hydrogen-bond acceptors (Lipinski definition) is 5. The second-order valence-electron chi connectivity index (χ2n) is 3.30. The second kappa shape index (κ2) is 4.77. The van der Waals surface area contributed by atoms with Crippen LogP contribution in [0.25, 0.3) is 16.3 Å². The zero-order valence-electron chi connectivity index (χ0n) is 9.14. The van der Waals surface area contributed by atoms with E-state index in [1.54, 1.807) is 16.7 Å². The fourth-order valence-electron chi connectivity index (χ4n) is 1.21. The van der Waals surface area contributed by atoms with Gasteiger partial charge < -0.3 is 5.11 Å². The van der Waals surface area contributed by atoms with Crippen molar-refractivity contribution in [3.05, 3.63) is 28.0 Å². The number of aliphatic carboxylic acids is 1. The van der Waals surface area contributed by atoms with Crippen molar-refractivity contribution in [2.75, 3.05) is 0 Å². The van der Waals surface area contributed by atoms with Crippen LogP contribution >= 0.6 is 22.7 Å². The summed E-state index contributed by atoms with van der Waals surface area (Å²) in [7, 11) is 0. The van der Waals surface area contributed by atoms with Gasteiger partial charge in [0.25, 0.3) is 0 Å². The molecule has 2 aromatic rings. The molecule has 0 fully saturated rings. The quantitative estimate of drug-likeness (QED) is 0.864. The van der Waals surface area contributed by atoms with Gasteiger partial charge in [0.05, 0.1) is 16.3 Å². The van der Waals surface area contributed by atoms with E-state index in [9.17, 15) is 4.79 Å². The lowest BCUT2D eigenvalue weighted by molar-refractivity contribution is -0.130. The predicted octanol–water partition coefficient (Wildman–Crippen LogP) is 2.93. The highest BCUT2D eigenvalue weighted by atomic mass is 32.1. The Bertz CT molecular complexity index is 572. The van der Waals surface area contributed by atoms with E-state index >= 15 is 0 Å². The Morgan fingerprint density at radius 1 is 1.41 bits per heavy atom. The number of aromatic nitrogens is 2. The van der Waals surface area contributed by atoms with Gasteiger partial charge in [-0.3, -0.25) is 0 Å². The number of hydrogen-bond donors (Lipinski definition) is 1. The van der Waals surface area contributed by atoms with Crippen LogP contribution in [-0.2, 0) is 11.2 Å². The standard InChI is InChI=1S/C11H10N2O2S2/c1-3-9-12-8(5-16-9)10-13-7(4-17-10)6(2)11(14)15/h4-5H,2-3H2,1H3,(H,14,15). The van der Waals surface area contributed by atoms with Gasteiger partial charge in [0.2, 0.25) is 0 Å². The molecule has 2 heterocycles. The molecule has 0 saturated heterocycles. The summed E-state index contributed by atoms with van der Waals surface area (Å²) in [6, 6.07) is 0. The molecule has 0 aliphatic heterocycles. The summed E-state index contributed by atoms with van der Waals surface area (Å²) >= 11 is 2.97. The monoisotopic (exact) mass is 266 g/mol. The molecular weight excluding hydrogens is 256 g/mol. The Morgan fingerprint density at radius 2 is 2.18 bits per heavy atom. The van der Waals surface area contributed by atoms with Gasteiger partial charge in [-0.15, -0.1) is 22.7 Å². The molecule has 17 heavy (non-hydrogen) atoms. The van der Waals surface area contributed by atoms with Crippen molar-refractivity contribution in [3.8, 4) is 10.7 Å². The number of carboxylic acid groups (broad SMARTS) is 1. The zero-order chi connectivity index (χ0) is 12.4. The Balaban J connectivity index is 2.29. The Labute approximate surface area is 106 Å². The predicted molar refractivity (Wildman–Crippen MR) is 69.3 cm³/mol. The molecule has 88 valence electrons. The lowest BCUT2D eigenvalue weighted by Crippen LogP contribution is -1.97. The third-order valence-electron chi connectivity index (χ3n) is 2.14. The van der Waals surface area contributed by atoms with E-state index in [2.05, 4.69) is 16.5 Å². The maximum atomic E-state index is 10.7. The minimum atomic E-state index is -1.05. The molecule has 0 aliphatic rings. The maximum Gasteiger partial charge on any atom is 0.337 e.